The Morgan fingerprint density at radius 1 is 1.21 bits per heavy atom. The summed E-state index contributed by atoms with van der Waals surface area (Å²) in [5.41, 5.74) is 2.81. The molecule has 2 aromatic carbocycles. The number of aromatic hydroxyl groups is 1. The van der Waals surface area contributed by atoms with Gasteiger partial charge < -0.3 is 10.2 Å². The van der Waals surface area contributed by atoms with Crippen LogP contribution in [0, 0.1) is 0 Å². The summed E-state index contributed by atoms with van der Waals surface area (Å²) in [5, 5.41) is 30.2. The molecule has 1 aliphatic carbocycles. The van der Waals surface area contributed by atoms with E-state index in [-0.39, 0.29) is 22.9 Å². The molecule has 0 bridgehead atoms. The highest BCUT2D eigenvalue weighted by atomic mass is 35.5. The minimum Gasteiger partial charge on any atom is -0.507 e. The lowest BCUT2D eigenvalue weighted by molar-refractivity contribution is -0.142. The number of allylic oxidation sites excluding steroid dienone is 2. The number of nitrogens with one attached hydrogen (secondary N) is 1. The number of halogens is 2. The van der Waals surface area contributed by atoms with Crippen LogP contribution in [0.4, 0.5) is 5.69 Å². The molecule has 10 heteroatoms. The van der Waals surface area contributed by atoms with Crippen molar-refractivity contribution in [1.82, 2.24) is 5.43 Å². The minimum absolute atomic E-state index is 0.00588. The zero-order valence-electron chi connectivity index (χ0n) is 17.3. The van der Waals surface area contributed by atoms with E-state index in [2.05, 4.69) is 15.6 Å². The van der Waals surface area contributed by atoms with Crippen LogP contribution in [0.3, 0.4) is 0 Å². The van der Waals surface area contributed by atoms with Crippen LogP contribution in [0.15, 0.2) is 70.9 Å². The fraction of sp³-hybridized carbons (Fsp3) is 0.130. The molecular formula is C23H18Cl2N4O4. The smallest absolute Gasteiger partial charge is 0.335 e. The molecule has 1 heterocycles. The number of amides is 1. The van der Waals surface area contributed by atoms with Crippen molar-refractivity contribution in [1.29, 1.82) is 0 Å². The van der Waals surface area contributed by atoms with Gasteiger partial charge in [-0.1, -0.05) is 53.6 Å². The van der Waals surface area contributed by atoms with Gasteiger partial charge in [0.1, 0.15) is 5.75 Å². The Labute approximate surface area is 199 Å². The van der Waals surface area contributed by atoms with Crippen LogP contribution in [-0.2, 0) is 9.59 Å². The number of carbonyl (C=O) groups is 2. The van der Waals surface area contributed by atoms with Crippen molar-refractivity contribution in [3.63, 3.8) is 0 Å². The fourth-order valence-electron chi connectivity index (χ4n) is 3.52. The number of hydrogen-bond donors (Lipinski definition) is 3. The molecule has 0 aromatic heterocycles. The maximum Gasteiger partial charge on any atom is 0.335 e. The Kier molecular flexibility index (Phi) is 5.97. The number of carboxylic acid groups (broad SMARTS) is 1. The number of carbonyl (C=O) groups excluding carboxylic acids is 1. The monoisotopic (exact) mass is 484 g/mol. The highest BCUT2D eigenvalue weighted by Gasteiger charge is 2.40. The summed E-state index contributed by atoms with van der Waals surface area (Å²) in [6, 6.07) is 11.3. The molecule has 8 nitrogen and oxygen atoms in total. The van der Waals surface area contributed by atoms with Gasteiger partial charge in [-0.25, -0.2) is 4.79 Å². The second kappa shape index (κ2) is 8.73. The first-order chi connectivity index (χ1) is 15.7. The standard InChI is InChI=1S/C23H18Cl2N4O4/c1-13-20(21(31)29(27-13)15-8-9-17(24)18(25)11-15)26-28-23(22(32)33)10-4-5-14(12-23)16-6-2-3-7-19(16)30/h2-11,28,30H,12H2,1H3,(H,32,33)/b26-20-. The van der Waals surface area contributed by atoms with E-state index in [0.29, 0.717) is 27.6 Å². The molecule has 1 amide bonds. The van der Waals surface area contributed by atoms with Crippen molar-refractivity contribution in [3.8, 4) is 5.75 Å². The van der Waals surface area contributed by atoms with Gasteiger partial charge >= 0.3 is 11.9 Å². The first-order valence-corrected chi connectivity index (χ1v) is 10.6. The third kappa shape index (κ3) is 4.22. The normalized spacial score (nSPS) is 21.2. The first-order valence-electron chi connectivity index (χ1n) is 9.82. The number of phenolic OH excluding ortho intramolecular Hbond substituents is 1. The van der Waals surface area contributed by atoms with Crippen molar-refractivity contribution in [2.24, 2.45) is 10.2 Å². The Morgan fingerprint density at radius 3 is 2.67 bits per heavy atom. The summed E-state index contributed by atoms with van der Waals surface area (Å²) in [4.78, 5) is 25.2. The van der Waals surface area contributed by atoms with Crippen LogP contribution in [0.5, 0.6) is 5.75 Å². The minimum atomic E-state index is -1.63. The zero-order valence-corrected chi connectivity index (χ0v) is 18.8. The summed E-state index contributed by atoms with van der Waals surface area (Å²) in [6.07, 6.45) is 4.75. The first kappa shape index (κ1) is 22.6. The topological polar surface area (TPSA) is 115 Å². The molecule has 3 N–H and O–H groups in total. The summed E-state index contributed by atoms with van der Waals surface area (Å²) in [7, 11) is 0. The van der Waals surface area contributed by atoms with Gasteiger partial charge in [0.15, 0.2) is 11.3 Å². The lowest BCUT2D eigenvalue weighted by Gasteiger charge is -2.29. The van der Waals surface area contributed by atoms with Gasteiger partial charge in [-0.05, 0) is 42.8 Å². The highest BCUT2D eigenvalue weighted by molar-refractivity contribution is 6.71. The molecule has 0 radical (unpaired) electrons. The van der Waals surface area contributed by atoms with Crippen LogP contribution < -0.4 is 10.4 Å². The molecule has 4 rings (SSSR count). The number of benzene rings is 2. The molecule has 33 heavy (non-hydrogen) atoms. The lowest BCUT2D eigenvalue weighted by atomic mass is 9.84. The third-order valence-electron chi connectivity index (χ3n) is 5.28. The van der Waals surface area contributed by atoms with Crippen molar-refractivity contribution in [2.75, 3.05) is 5.01 Å². The molecule has 0 saturated carbocycles. The average Bonchev–Trinajstić information content (AvgIpc) is 3.08. The van der Waals surface area contributed by atoms with E-state index < -0.39 is 17.4 Å². The van der Waals surface area contributed by atoms with Crippen molar-refractivity contribution >= 4 is 57.8 Å². The number of anilines is 1. The SMILES string of the molecule is CC1=NN(c2ccc(Cl)c(Cl)c2)C(=O)/C1=N\NC1(C(=O)O)C=CC=C(c2ccccc2O)C1. The fourth-order valence-corrected chi connectivity index (χ4v) is 3.81. The Bertz CT molecular complexity index is 1280. The van der Waals surface area contributed by atoms with E-state index in [1.165, 1.54) is 18.2 Å². The highest BCUT2D eigenvalue weighted by Crippen LogP contribution is 2.35. The van der Waals surface area contributed by atoms with E-state index in [4.69, 9.17) is 23.2 Å². The molecule has 1 unspecified atom stereocenters. The number of para-hydroxylation sites is 1. The van der Waals surface area contributed by atoms with Crippen LogP contribution in [0.2, 0.25) is 10.0 Å². The van der Waals surface area contributed by atoms with Crippen LogP contribution >= 0.6 is 23.2 Å². The summed E-state index contributed by atoms with van der Waals surface area (Å²) in [5.74, 6) is -1.70. The molecular weight excluding hydrogens is 467 g/mol. The second-order valence-corrected chi connectivity index (χ2v) is 8.31. The molecule has 0 fully saturated rings. The number of hydrazone groups is 2. The van der Waals surface area contributed by atoms with E-state index in [9.17, 15) is 19.8 Å². The summed E-state index contributed by atoms with van der Waals surface area (Å²) in [6.45, 7) is 1.59. The number of nitrogens with zero attached hydrogens (tertiary/aromatic N) is 3. The summed E-state index contributed by atoms with van der Waals surface area (Å²) < 4.78 is 0. The molecule has 2 aliphatic rings. The van der Waals surface area contributed by atoms with E-state index in [0.717, 1.165) is 5.01 Å². The lowest BCUT2D eigenvalue weighted by Crippen LogP contribution is -2.50. The number of carboxylic acids is 1. The Hall–Kier alpha value is -3.62. The molecule has 0 spiro atoms. The Balaban J connectivity index is 1.61. The van der Waals surface area contributed by atoms with E-state index in [1.54, 1.807) is 49.4 Å². The quantitative estimate of drug-likeness (QED) is 0.549. The maximum atomic E-state index is 12.9. The largest absolute Gasteiger partial charge is 0.507 e. The van der Waals surface area contributed by atoms with Gasteiger partial charge in [0.2, 0.25) is 0 Å². The number of rotatable bonds is 5. The van der Waals surface area contributed by atoms with Gasteiger partial charge in [-0.3, -0.25) is 10.2 Å². The van der Waals surface area contributed by atoms with Crippen molar-refractivity contribution < 1.29 is 19.8 Å². The molecule has 2 aromatic rings. The second-order valence-electron chi connectivity index (χ2n) is 7.49. The number of hydrogen-bond acceptors (Lipinski definition) is 6. The predicted molar refractivity (Wildman–Crippen MR) is 128 cm³/mol. The zero-order chi connectivity index (χ0) is 23.8. The molecule has 168 valence electrons. The molecule has 1 atom stereocenters. The van der Waals surface area contributed by atoms with Crippen LogP contribution in [0.1, 0.15) is 18.9 Å². The van der Waals surface area contributed by atoms with Crippen LogP contribution in [-0.4, -0.2) is 39.1 Å². The predicted octanol–water partition coefficient (Wildman–Crippen LogP) is 4.23. The van der Waals surface area contributed by atoms with E-state index in [1.807, 2.05) is 0 Å². The van der Waals surface area contributed by atoms with Crippen LogP contribution in [0.25, 0.3) is 5.57 Å². The van der Waals surface area contributed by atoms with Gasteiger partial charge in [0.25, 0.3) is 0 Å². The number of phenols is 1. The number of aliphatic carboxylic acids is 1. The Morgan fingerprint density at radius 2 is 1.97 bits per heavy atom. The van der Waals surface area contributed by atoms with E-state index >= 15 is 0 Å². The van der Waals surface area contributed by atoms with Crippen molar-refractivity contribution in [2.45, 2.75) is 18.9 Å². The third-order valence-corrected chi connectivity index (χ3v) is 6.02. The van der Waals surface area contributed by atoms with Crippen molar-refractivity contribution in [3.05, 3.63) is 76.3 Å². The molecule has 1 aliphatic heterocycles. The summed E-state index contributed by atoms with van der Waals surface area (Å²) >= 11 is 12.0. The van der Waals surface area contributed by atoms with Gasteiger partial charge in [-0.15, -0.1) is 0 Å². The molecule has 0 saturated heterocycles. The van der Waals surface area contributed by atoms with Gasteiger partial charge in [-0.2, -0.15) is 15.2 Å². The maximum absolute atomic E-state index is 12.9. The van der Waals surface area contributed by atoms with Gasteiger partial charge in [0.05, 0.1) is 21.4 Å². The van der Waals surface area contributed by atoms with Gasteiger partial charge in [0, 0.05) is 12.0 Å². The average molecular weight is 485 g/mol.